The minimum Gasteiger partial charge on any atom is -0.350 e. The van der Waals surface area contributed by atoms with Crippen molar-refractivity contribution >= 4 is 11.7 Å². The molecule has 4 nitrogen and oxygen atoms in total. The molecule has 0 saturated heterocycles. The van der Waals surface area contributed by atoms with Crippen LogP contribution in [0.1, 0.15) is 32.6 Å². The minimum atomic E-state index is -0.583. The van der Waals surface area contributed by atoms with Crippen LogP contribution >= 0.6 is 0 Å². The molecule has 0 aromatic rings. The fourth-order valence-corrected chi connectivity index (χ4v) is 2.18. The number of nitrogens with zero attached hydrogens (tertiary/aromatic N) is 1. The van der Waals surface area contributed by atoms with Gasteiger partial charge in [-0.15, -0.1) is 0 Å². The third-order valence-electron chi connectivity index (χ3n) is 3.19. The lowest BCUT2D eigenvalue weighted by molar-refractivity contribution is 0.249. The number of amides is 2. The standard InChI is InChI=1S/C10H15N3O/c1-7-3-2-4-8(10(7)5-6-10)12-13-9(11)14/h3H,2,4-6H2,1H3,(H3,11,13,14)/b12-8+. The van der Waals surface area contributed by atoms with Gasteiger partial charge in [0.1, 0.15) is 0 Å². The first-order chi connectivity index (χ1) is 6.65. The average Bonchev–Trinajstić information content (AvgIpc) is 2.89. The Balaban J connectivity index is 2.17. The SMILES string of the molecule is CC1=CCC/C(=N\NC(N)=O)C12CC2. The van der Waals surface area contributed by atoms with Crippen LogP contribution in [0.15, 0.2) is 16.8 Å². The number of urea groups is 1. The van der Waals surface area contributed by atoms with Crippen LogP contribution in [0, 0.1) is 5.41 Å². The normalized spacial score (nSPS) is 26.1. The molecule has 2 aliphatic rings. The van der Waals surface area contributed by atoms with Crippen molar-refractivity contribution < 1.29 is 4.79 Å². The van der Waals surface area contributed by atoms with Gasteiger partial charge in [-0.1, -0.05) is 11.6 Å². The zero-order valence-electron chi connectivity index (χ0n) is 8.34. The lowest BCUT2D eigenvalue weighted by Crippen LogP contribution is -2.29. The Morgan fingerprint density at radius 2 is 2.36 bits per heavy atom. The maximum atomic E-state index is 10.5. The largest absolute Gasteiger partial charge is 0.350 e. The quantitative estimate of drug-likeness (QED) is 0.481. The van der Waals surface area contributed by atoms with Gasteiger partial charge in [0.05, 0.1) is 0 Å². The van der Waals surface area contributed by atoms with E-state index in [1.54, 1.807) is 0 Å². The van der Waals surface area contributed by atoms with Crippen LogP contribution in [-0.2, 0) is 0 Å². The summed E-state index contributed by atoms with van der Waals surface area (Å²) in [5.74, 6) is 0. The third kappa shape index (κ3) is 1.41. The summed E-state index contributed by atoms with van der Waals surface area (Å²) in [5, 5.41) is 4.10. The van der Waals surface area contributed by atoms with Gasteiger partial charge < -0.3 is 5.73 Å². The molecule has 1 spiro atoms. The molecule has 0 atom stereocenters. The summed E-state index contributed by atoms with van der Waals surface area (Å²) in [6, 6.07) is -0.583. The predicted molar refractivity (Wildman–Crippen MR) is 54.8 cm³/mol. The van der Waals surface area contributed by atoms with E-state index in [0.717, 1.165) is 31.4 Å². The molecule has 0 bridgehead atoms. The molecule has 0 unspecified atom stereocenters. The van der Waals surface area contributed by atoms with Crippen LogP contribution in [0.25, 0.3) is 0 Å². The number of rotatable bonds is 1. The van der Waals surface area contributed by atoms with Crippen molar-refractivity contribution in [2.24, 2.45) is 16.3 Å². The Kier molecular flexibility index (Phi) is 2.06. The molecule has 4 heteroatoms. The van der Waals surface area contributed by atoms with Crippen molar-refractivity contribution in [2.45, 2.75) is 32.6 Å². The smallest absolute Gasteiger partial charge is 0.332 e. The van der Waals surface area contributed by atoms with Crippen molar-refractivity contribution in [2.75, 3.05) is 0 Å². The summed E-state index contributed by atoms with van der Waals surface area (Å²) in [5.41, 5.74) is 9.98. The Bertz CT molecular complexity index is 326. The topological polar surface area (TPSA) is 67.5 Å². The summed E-state index contributed by atoms with van der Waals surface area (Å²) >= 11 is 0. The highest BCUT2D eigenvalue weighted by Gasteiger charge is 2.49. The number of carbonyl (C=O) groups is 1. The van der Waals surface area contributed by atoms with E-state index in [0.29, 0.717) is 0 Å². The summed E-state index contributed by atoms with van der Waals surface area (Å²) in [6.07, 6.45) is 6.56. The fraction of sp³-hybridized carbons (Fsp3) is 0.600. The van der Waals surface area contributed by atoms with Gasteiger partial charge in [0.2, 0.25) is 0 Å². The molecule has 1 saturated carbocycles. The van der Waals surface area contributed by atoms with Gasteiger partial charge in [-0.3, -0.25) is 0 Å². The summed E-state index contributed by atoms with van der Waals surface area (Å²) in [6.45, 7) is 2.14. The molecule has 2 amide bonds. The first-order valence-corrected chi connectivity index (χ1v) is 4.95. The molecule has 0 aromatic carbocycles. The first kappa shape index (κ1) is 9.24. The molecule has 76 valence electrons. The van der Waals surface area contributed by atoms with Crippen LogP contribution in [-0.4, -0.2) is 11.7 Å². The Morgan fingerprint density at radius 3 is 2.93 bits per heavy atom. The van der Waals surface area contributed by atoms with Crippen LogP contribution in [0.5, 0.6) is 0 Å². The Morgan fingerprint density at radius 1 is 1.64 bits per heavy atom. The van der Waals surface area contributed by atoms with Crippen LogP contribution in [0.2, 0.25) is 0 Å². The highest BCUT2D eigenvalue weighted by atomic mass is 16.2. The number of primary amides is 1. The highest BCUT2D eigenvalue weighted by molar-refractivity contribution is 5.96. The second-order valence-corrected chi connectivity index (χ2v) is 4.04. The number of hydrogen-bond donors (Lipinski definition) is 2. The monoisotopic (exact) mass is 193 g/mol. The molecular weight excluding hydrogens is 178 g/mol. The maximum Gasteiger partial charge on any atom is 0.332 e. The van der Waals surface area contributed by atoms with E-state index in [2.05, 4.69) is 23.5 Å². The summed E-state index contributed by atoms with van der Waals surface area (Å²) in [7, 11) is 0. The van der Waals surface area contributed by atoms with Crippen LogP contribution in [0.3, 0.4) is 0 Å². The molecule has 1 fully saturated rings. The summed E-state index contributed by atoms with van der Waals surface area (Å²) < 4.78 is 0. The minimum absolute atomic E-state index is 0.181. The molecule has 0 aliphatic heterocycles. The number of carbonyl (C=O) groups excluding carboxylic acids is 1. The molecule has 2 rings (SSSR count). The van der Waals surface area contributed by atoms with E-state index in [-0.39, 0.29) is 5.41 Å². The Labute approximate surface area is 83.2 Å². The highest BCUT2D eigenvalue weighted by Crippen LogP contribution is 2.55. The van der Waals surface area contributed by atoms with E-state index in [1.165, 1.54) is 5.57 Å². The molecular formula is C10H15N3O. The van der Waals surface area contributed by atoms with Crippen molar-refractivity contribution in [3.05, 3.63) is 11.6 Å². The number of hydrazone groups is 1. The second kappa shape index (κ2) is 3.12. The van der Waals surface area contributed by atoms with Gasteiger partial charge in [0, 0.05) is 11.1 Å². The molecule has 2 aliphatic carbocycles. The van der Waals surface area contributed by atoms with E-state index in [9.17, 15) is 4.79 Å². The maximum absolute atomic E-state index is 10.5. The number of nitrogens with one attached hydrogen (secondary N) is 1. The molecule has 0 radical (unpaired) electrons. The van der Waals surface area contributed by atoms with Crippen molar-refractivity contribution in [3.63, 3.8) is 0 Å². The lowest BCUT2D eigenvalue weighted by Gasteiger charge is -2.23. The van der Waals surface area contributed by atoms with Gasteiger partial charge in [-0.05, 0) is 32.6 Å². The first-order valence-electron chi connectivity index (χ1n) is 4.95. The van der Waals surface area contributed by atoms with E-state index in [1.807, 2.05) is 0 Å². The fourth-order valence-electron chi connectivity index (χ4n) is 2.18. The molecule has 14 heavy (non-hydrogen) atoms. The lowest BCUT2D eigenvalue weighted by atomic mass is 9.84. The molecule has 0 aromatic heterocycles. The predicted octanol–water partition coefficient (Wildman–Crippen LogP) is 1.53. The van der Waals surface area contributed by atoms with E-state index in [4.69, 9.17) is 5.73 Å². The van der Waals surface area contributed by atoms with E-state index < -0.39 is 6.03 Å². The average molecular weight is 193 g/mol. The van der Waals surface area contributed by atoms with Gasteiger partial charge >= 0.3 is 6.03 Å². The van der Waals surface area contributed by atoms with Crippen LogP contribution < -0.4 is 11.2 Å². The zero-order chi connectivity index (χ0) is 10.2. The van der Waals surface area contributed by atoms with Crippen LogP contribution in [0.4, 0.5) is 4.79 Å². The third-order valence-corrected chi connectivity index (χ3v) is 3.19. The number of nitrogens with two attached hydrogens (primary N) is 1. The van der Waals surface area contributed by atoms with Crippen molar-refractivity contribution in [1.29, 1.82) is 0 Å². The summed E-state index contributed by atoms with van der Waals surface area (Å²) in [4.78, 5) is 10.5. The van der Waals surface area contributed by atoms with Gasteiger partial charge in [0.25, 0.3) is 0 Å². The second-order valence-electron chi connectivity index (χ2n) is 4.04. The molecule has 3 N–H and O–H groups in total. The van der Waals surface area contributed by atoms with Gasteiger partial charge in [-0.2, -0.15) is 5.10 Å². The number of allylic oxidation sites excluding steroid dienone is 2. The molecule has 0 heterocycles. The van der Waals surface area contributed by atoms with Gasteiger partial charge in [-0.25, -0.2) is 10.2 Å². The number of hydrogen-bond acceptors (Lipinski definition) is 2. The van der Waals surface area contributed by atoms with Crippen molar-refractivity contribution in [1.82, 2.24) is 5.43 Å². The van der Waals surface area contributed by atoms with E-state index >= 15 is 0 Å². The van der Waals surface area contributed by atoms with Crippen molar-refractivity contribution in [3.8, 4) is 0 Å². The zero-order valence-corrected chi connectivity index (χ0v) is 8.34. The van der Waals surface area contributed by atoms with Gasteiger partial charge in [0.15, 0.2) is 0 Å². The Hall–Kier alpha value is -1.32.